The lowest BCUT2D eigenvalue weighted by Crippen LogP contribution is -2.36. The summed E-state index contributed by atoms with van der Waals surface area (Å²) < 4.78 is 28.6. The molecule has 3 rings (SSSR count). The Morgan fingerprint density at radius 3 is 1.78 bits per heavy atom. The molecule has 0 aliphatic heterocycles. The number of benzene rings is 3. The summed E-state index contributed by atoms with van der Waals surface area (Å²) in [6.45, 7) is 1.92. The molecule has 0 radical (unpaired) electrons. The Bertz CT molecular complexity index is 946. The quantitative estimate of drug-likeness (QED) is 0.650. The minimum Gasteiger partial charge on any atom is -0.322 e. The molecule has 6 heteroatoms. The van der Waals surface area contributed by atoms with Crippen LogP contribution in [0, 0.1) is 6.92 Å². The zero-order chi connectivity index (χ0) is 18.6. The number of aryl methyl sites for hydroxylation is 1. The van der Waals surface area contributed by atoms with E-state index in [9.17, 15) is 8.42 Å². The van der Waals surface area contributed by atoms with E-state index in [2.05, 4.69) is 4.72 Å². The molecule has 142 valence electrons. The summed E-state index contributed by atoms with van der Waals surface area (Å²) in [7, 11) is -3.71. The van der Waals surface area contributed by atoms with E-state index in [4.69, 9.17) is 5.73 Å². The van der Waals surface area contributed by atoms with Crippen molar-refractivity contribution in [2.75, 3.05) is 0 Å². The highest BCUT2D eigenvalue weighted by molar-refractivity contribution is 7.89. The van der Waals surface area contributed by atoms with Crippen LogP contribution in [0.4, 0.5) is 0 Å². The number of hydrogen-bond acceptors (Lipinski definition) is 3. The van der Waals surface area contributed by atoms with Crippen LogP contribution in [0.5, 0.6) is 0 Å². The molecule has 4 nitrogen and oxygen atoms in total. The van der Waals surface area contributed by atoms with E-state index in [1.807, 2.05) is 67.6 Å². The normalized spacial score (nSPS) is 13.4. The van der Waals surface area contributed by atoms with Crippen LogP contribution >= 0.6 is 12.4 Å². The fourth-order valence-corrected chi connectivity index (χ4v) is 4.08. The van der Waals surface area contributed by atoms with Gasteiger partial charge in [-0.2, -0.15) is 0 Å². The molecule has 0 aromatic heterocycles. The number of nitrogens with one attached hydrogen (secondary N) is 1. The third-order valence-corrected chi connectivity index (χ3v) is 5.77. The molecule has 0 aliphatic carbocycles. The molecule has 0 aliphatic rings. The van der Waals surface area contributed by atoms with Gasteiger partial charge in [0.2, 0.25) is 10.0 Å². The molecule has 3 N–H and O–H groups in total. The van der Waals surface area contributed by atoms with Gasteiger partial charge in [-0.3, -0.25) is 0 Å². The molecule has 3 aromatic carbocycles. The van der Waals surface area contributed by atoms with Gasteiger partial charge in [0.1, 0.15) is 0 Å². The molecule has 0 saturated heterocycles. The summed E-state index contributed by atoms with van der Waals surface area (Å²) in [5.74, 6) is 0. The van der Waals surface area contributed by atoms with Crippen molar-refractivity contribution >= 4 is 22.4 Å². The van der Waals surface area contributed by atoms with Crippen molar-refractivity contribution < 1.29 is 8.42 Å². The number of rotatable bonds is 6. The predicted molar refractivity (Wildman–Crippen MR) is 111 cm³/mol. The highest BCUT2D eigenvalue weighted by atomic mass is 35.5. The topological polar surface area (TPSA) is 72.2 Å². The lowest BCUT2D eigenvalue weighted by atomic mass is 9.95. The molecule has 2 atom stereocenters. The second-order valence-corrected chi connectivity index (χ2v) is 7.97. The summed E-state index contributed by atoms with van der Waals surface area (Å²) in [5.41, 5.74) is 9.15. The van der Waals surface area contributed by atoms with Crippen molar-refractivity contribution in [2.45, 2.75) is 23.9 Å². The fraction of sp³-hybridized carbons (Fsp3) is 0.143. The number of halogens is 1. The SMILES string of the molecule is Cc1ccc(S(=O)(=O)N[C@H](c2ccccc2)[C@H](N)c2ccccc2)cc1.Cl. The van der Waals surface area contributed by atoms with Gasteiger partial charge in [0, 0.05) is 0 Å². The van der Waals surface area contributed by atoms with E-state index < -0.39 is 22.1 Å². The molecular formula is C21H23ClN2O2S. The van der Waals surface area contributed by atoms with Gasteiger partial charge in [0.05, 0.1) is 17.0 Å². The number of hydrogen-bond donors (Lipinski definition) is 2. The maximum Gasteiger partial charge on any atom is 0.241 e. The van der Waals surface area contributed by atoms with Crippen LogP contribution in [0.15, 0.2) is 89.8 Å². The lowest BCUT2D eigenvalue weighted by molar-refractivity contribution is 0.504. The Morgan fingerprint density at radius 1 is 0.778 bits per heavy atom. The summed E-state index contributed by atoms with van der Waals surface area (Å²) in [5, 5.41) is 0. The first-order valence-electron chi connectivity index (χ1n) is 8.42. The van der Waals surface area contributed by atoms with Gasteiger partial charge in [-0.1, -0.05) is 78.4 Å². The maximum absolute atomic E-state index is 12.9. The van der Waals surface area contributed by atoms with Crippen LogP contribution in [-0.2, 0) is 10.0 Å². The van der Waals surface area contributed by atoms with E-state index >= 15 is 0 Å². The van der Waals surface area contributed by atoms with Crippen LogP contribution in [0.1, 0.15) is 28.8 Å². The third kappa shape index (κ3) is 5.17. The standard InChI is InChI=1S/C21H22N2O2S.ClH/c1-16-12-14-19(15-13-16)26(24,25)23-21(18-10-6-3-7-11-18)20(22)17-8-4-2-5-9-17;/h2-15,20-21,23H,22H2,1H3;1H/t20-,21-;/m1./s1. The van der Waals surface area contributed by atoms with Gasteiger partial charge < -0.3 is 5.73 Å². The minimum absolute atomic E-state index is 0. The lowest BCUT2D eigenvalue weighted by Gasteiger charge is -2.26. The third-order valence-electron chi connectivity index (χ3n) is 4.32. The van der Waals surface area contributed by atoms with E-state index in [0.29, 0.717) is 0 Å². The Morgan fingerprint density at radius 2 is 1.26 bits per heavy atom. The fourth-order valence-electron chi connectivity index (χ4n) is 2.83. The van der Waals surface area contributed by atoms with Crippen molar-refractivity contribution in [3.05, 3.63) is 102 Å². The van der Waals surface area contributed by atoms with Crippen molar-refractivity contribution in [1.29, 1.82) is 0 Å². The second kappa shape index (κ2) is 9.15. The summed E-state index contributed by atoms with van der Waals surface area (Å²) in [6.07, 6.45) is 0. The summed E-state index contributed by atoms with van der Waals surface area (Å²) >= 11 is 0. The van der Waals surface area contributed by atoms with E-state index in [-0.39, 0.29) is 17.3 Å². The summed E-state index contributed by atoms with van der Waals surface area (Å²) in [4.78, 5) is 0.226. The van der Waals surface area contributed by atoms with Crippen molar-refractivity contribution in [1.82, 2.24) is 4.72 Å². The molecule has 0 spiro atoms. The average molecular weight is 403 g/mol. The van der Waals surface area contributed by atoms with Crippen LogP contribution in [-0.4, -0.2) is 8.42 Å². The molecule has 0 unspecified atom stereocenters. The highest BCUT2D eigenvalue weighted by Crippen LogP contribution is 2.28. The first-order chi connectivity index (χ1) is 12.5. The van der Waals surface area contributed by atoms with Gasteiger partial charge >= 0.3 is 0 Å². The largest absolute Gasteiger partial charge is 0.322 e. The molecule has 27 heavy (non-hydrogen) atoms. The average Bonchev–Trinajstić information content (AvgIpc) is 2.67. The van der Waals surface area contributed by atoms with Gasteiger partial charge in [-0.25, -0.2) is 13.1 Å². The summed E-state index contributed by atoms with van der Waals surface area (Å²) in [6, 6.07) is 24.6. The first-order valence-corrected chi connectivity index (χ1v) is 9.90. The van der Waals surface area contributed by atoms with Crippen LogP contribution in [0.25, 0.3) is 0 Å². The number of sulfonamides is 1. The first kappa shape index (κ1) is 21.1. The molecule has 0 amide bonds. The molecular weight excluding hydrogens is 380 g/mol. The Hall–Kier alpha value is -2.18. The van der Waals surface area contributed by atoms with Gasteiger partial charge in [-0.15, -0.1) is 12.4 Å². The molecule has 3 aromatic rings. The Labute approximate surface area is 166 Å². The van der Waals surface area contributed by atoms with Crippen LogP contribution < -0.4 is 10.5 Å². The van der Waals surface area contributed by atoms with Crippen molar-refractivity contribution in [3.63, 3.8) is 0 Å². The van der Waals surface area contributed by atoms with Gasteiger partial charge in [0.25, 0.3) is 0 Å². The van der Waals surface area contributed by atoms with Crippen LogP contribution in [0.2, 0.25) is 0 Å². The minimum atomic E-state index is -3.71. The van der Waals surface area contributed by atoms with Crippen LogP contribution in [0.3, 0.4) is 0 Å². The smallest absolute Gasteiger partial charge is 0.241 e. The van der Waals surface area contributed by atoms with Gasteiger partial charge in [0.15, 0.2) is 0 Å². The maximum atomic E-state index is 12.9. The zero-order valence-corrected chi connectivity index (χ0v) is 16.6. The van der Waals surface area contributed by atoms with E-state index in [1.54, 1.807) is 24.3 Å². The van der Waals surface area contributed by atoms with E-state index in [1.165, 1.54) is 0 Å². The van der Waals surface area contributed by atoms with E-state index in [0.717, 1.165) is 16.7 Å². The number of nitrogens with two attached hydrogens (primary N) is 1. The van der Waals surface area contributed by atoms with Gasteiger partial charge in [-0.05, 0) is 30.2 Å². The zero-order valence-electron chi connectivity index (χ0n) is 14.9. The van der Waals surface area contributed by atoms with Crippen molar-refractivity contribution in [2.24, 2.45) is 5.73 Å². The monoisotopic (exact) mass is 402 g/mol. The molecule has 0 fully saturated rings. The molecule has 0 bridgehead atoms. The van der Waals surface area contributed by atoms with Crippen molar-refractivity contribution in [3.8, 4) is 0 Å². The molecule has 0 saturated carbocycles. The Balaban J connectivity index is 0.00000261. The second-order valence-electron chi connectivity index (χ2n) is 6.26. The highest BCUT2D eigenvalue weighted by Gasteiger charge is 2.27. The molecule has 0 heterocycles. The Kier molecular flexibility index (Phi) is 7.16. The predicted octanol–water partition coefficient (Wildman–Crippen LogP) is 4.14.